The highest BCUT2D eigenvalue weighted by Gasteiger charge is 2.37. The molecular weight excluding hydrogens is 376 g/mol. The van der Waals surface area contributed by atoms with Gasteiger partial charge >= 0.3 is 0 Å². The summed E-state index contributed by atoms with van der Waals surface area (Å²) < 4.78 is 5.83. The smallest absolute Gasteiger partial charge is 0.276 e. The van der Waals surface area contributed by atoms with E-state index in [0.29, 0.717) is 16.4 Å². The monoisotopic (exact) mass is 408 g/mol. The molecule has 2 aliphatic rings. The molecular formula is C20H32N4O3S. The molecule has 0 aromatic carbocycles. The molecule has 1 saturated heterocycles. The van der Waals surface area contributed by atoms with Gasteiger partial charge in [-0.15, -0.1) is 10.2 Å². The Labute approximate surface area is 171 Å². The summed E-state index contributed by atoms with van der Waals surface area (Å²) in [6.07, 6.45) is 7.91. The van der Waals surface area contributed by atoms with Gasteiger partial charge in [0, 0.05) is 11.2 Å². The first-order valence-electron chi connectivity index (χ1n) is 10.6. The molecule has 156 valence electrons. The first kappa shape index (κ1) is 21.3. The summed E-state index contributed by atoms with van der Waals surface area (Å²) in [5, 5.41) is 15.1. The van der Waals surface area contributed by atoms with Gasteiger partial charge in [-0.3, -0.25) is 14.9 Å². The molecule has 3 rings (SSSR count). The van der Waals surface area contributed by atoms with E-state index < -0.39 is 5.92 Å². The van der Waals surface area contributed by atoms with Crippen LogP contribution in [0.2, 0.25) is 0 Å². The number of piperidine rings is 1. The van der Waals surface area contributed by atoms with E-state index in [1.165, 1.54) is 24.6 Å². The summed E-state index contributed by atoms with van der Waals surface area (Å²) >= 11 is 1.48. The summed E-state index contributed by atoms with van der Waals surface area (Å²) in [5.74, 6) is -0.615. The molecule has 8 heteroatoms. The van der Waals surface area contributed by atoms with Crippen molar-refractivity contribution in [2.75, 3.05) is 13.1 Å². The number of amides is 2. The zero-order valence-corrected chi connectivity index (χ0v) is 17.7. The summed E-state index contributed by atoms with van der Waals surface area (Å²) in [5.41, 5.74) is 0. The van der Waals surface area contributed by atoms with E-state index in [-0.39, 0.29) is 23.7 Å². The molecule has 28 heavy (non-hydrogen) atoms. The fraction of sp³-hybridized carbons (Fsp3) is 0.800. The summed E-state index contributed by atoms with van der Waals surface area (Å²) in [6, 6.07) is 0. The van der Waals surface area contributed by atoms with Crippen molar-refractivity contribution in [2.24, 2.45) is 11.8 Å². The summed E-state index contributed by atoms with van der Waals surface area (Å²) in [7, 11) is 0. The van der Waals surface area contributed by atoms with Crippen LogP contribution < -0.4 is 10.6 Å². The fourth-order valence-electron chi connectivity index (χ4n) is 4.14. The Morgan fingerprint density at radius 1 is 1.07 bits per heavy atom. The van der Waals surface area contributed by atoms with Crippen LogP contribution in [0, 0.1) is 11.8 Å². The zero-order chi connectivity index (χ0) is 19.9. The topological polar surface area (TPSA) is 97.1 Å². The van der Waals surface area contributed by atoms with Gasteiger partial charge in [-0.05, 0) is 44.7 Å². The fourth-order valence-corrected chi connectivity index (χ4v) is 4.77. The van der Waals surface area contributed by atoms with Crippen molar-refractivity contribution in [2.45, 2.75) is 81.6 Å². The van der Waals surface area contributed by atoms with Gasteiger partial charge in [-0.1, -0.05) is 51.3 Å². The number of carbonyl (C=O) groups excluding carboxylic acids is 2. The van der Waals surface area contributed by atoms with Crippen LogP contribution >= 0.6 is 11.8 Å². The molecule has 2 N–H and O–H groups in total. The van der Waals surface area contributed by atoms with Crippen molar-refractivity contribution < 1.29 is 14.0 Å². The van der Waals surface area contributed by atoms with E-state index in [4.69, 9.17) is 4.42 Å². The maximum absolute atomic E-state index is 13.1. The number of nitrogens with one attached hydrogen (secondary N) is 2. The molecule has 2 fully saturated rings. The Morgan fingerprint density at radius 2 is 1.75 bits per heavy atom. The van der Waals surface area contributed by atoms with Crippen molar-refractivity contribution in [3.05, 3.63) is 5.89 Å². The molecule has 2 heterocycles. The largest absolute Gasteiger partial charge is 0.415 e. The highest BCUT2D eigenvalue weighted by molar-refractivity contribution is 7.99. The Hall–Kier alpha value is -1.41. The van der Waals surface area contributed by atoms with Crippen LogP contribution in [-0.4, -0.2) is 40.4 Å². The lowest BCUT2D eigenvalue weighted by molar-refractivity contribution is -0.134. The second-order valence-corrected chi connectivity index (χ2v) is 9.71. The number of imide groups is 1. The van der Waals surface area contributed by atoms with Crippen molar-refractivity contribution in [1.82, 2.24) is 20.8 Å². The van der Waals surface area contributed by atoms with E-state index in [0.717, 1.165) is 51.6 Å². The molecule has 1 aliphatic heterocycles. The molecule has 1 aromatic heterocycles. The molecule has 1 saturated carbocycles. The molecule has 7 nitrogen and oxygen atoms in total. The average Bonchev–Trinajstić information content (AvgIpc) is 2.93. The maximum atomic E-state index is 13.1. The zero-order valence-electron chi connectivity index (χ0n) is 16.9. The van der Waals surface area contributed by atoms with Crippen molar-refractivity contribution in [3.8, 4) is 0 Å². The van der Waals surface area contributed by atoms with Gasteiger partial charge in [-0.2, -0.15) is 0 Å². The summed E-state index contributed by atoms with van der Waals surface area (Å²) in [4.78, 5) is 25.8. The predicted molar refractivity (Wildman–Crippen MR) is 108 cm³/mol. The van der Waals surface area contributed by atoms with Crippen molar-refractivity contribution in [1.29, 1.82) is 0 Å². The number of carbonyl (C=O) groups is 2. The molecule has 0 spiro atoms. The minimum Gasteiger partial charge on any atom is -0.415 e. The van der Waals surface area contributed by atoms with Crippen molar-refractivity contribution in [3.63, 3.8) is 0 Å². The average molecular weight is 409 g/mol. The number of nitrogens with zero attached hydrogens (tertiary/aromatic N) is 2. The highest BCUT2D eigenvalue weighted by Crippen LogP contribution is 2.33. The van der Waals surface area contributed by atoms with Gasteiger partial charge in [0.2, 0.25) is 17.7 Å². The molecule has 1 aromatic rings. The van der Waals surface area contributed by atoms with E-state index in [1.54, 1.807) is 0 Å². The third-order valence-corrected chi connectivity index (χ3v) is 6.47. The second-order valence-electron chi connectivity index (χ2n) is 8.18. The lowest BCUT2D eigenvalue weighted by Gasteiger charge is -2.28. The molecule has 1 unspecified atom stereocenters. The molecule has 2 amide bonds. The predicted octanol–water partition coefficient (Wildman–Crippen LogP) is 3.27. The Kier molecular flexibility index (Phi) is 7.91. The standard InChI is InChI=1S/C20H32N4O3S/c1-13(2)28-20-24-23-19(27-20)16(14-9-11-21-12-10-14)18(26)22-17(25)15-7-5-3-4-6-8-15/h13-16,21H,3-12H2,1-2H3,(H,22,25,26). The van der Waals surface area contributed by atoms with E-state index in [1.807, 2.05) is 0 Å². The van der Waals surface area contributed by atoms with Crippen LogP contribution in [0.25, 0.3) is 0 Å². The lowest BCUT2D eigenvalue weighted by atomic mass is 9.84. The van der Waals surface area contributed by atoms with Gasteiger partial charge in [0.25, 0.3) is 5.22 Å². The SMILES string of the molecule is CC(C)Sc1nnc(C(C(=O)NC(=O)C2CCCCCC2)C2CCNCC2)o1. The van der Waals surface area contributed by atoms with Gasteiger partial charge in [0.1, 0.15) is 5.92 Å². The van der Waals surface area contributed by atoms with Gasteiger partial charge in [0.15, 0.2) is 0 Å². The summed E-state index contributed by atoms with van der Waals surface area (Å²) in [6.45, 7) is 5.81. The van der Waals surface area contributed by atoms with Gasteiger partial charge in [0.05, 0.1) is 0 Å². The molecule has 1 atom stereocenters. The number of hydrogen-bond acceptors (Lipinski definition) is 7. The van der Waals surface area contributed by atoms with Crippen molar-refractivity contribution >= 4 is 23.6 Å². The number of hydrogen-bond donors (Lipinski definition) is 2. The lowest BCUT2D eigenvalue weighted by Crippen LogP contribution is -2.42. The molecule has 0 radical (unpaired) electrons. The van der Waals surface area contributed by atoms with Crippen LogP contribution in [0.1, 0.15) is 77.0 Å². The van der Waals surface area contributed by atoms with E-state index >= 15 is 0 Å². The number of aromatic nitrogens is 2. The Morgan fingerprint density at radius 3 is 2.39 bits per heavy atom. The quantitative estimate of drug-likeness (QED) is 0.551. The minimum atomic E-state index is -0.564. The third kappa shape index (κ3) is 5.80. The van der Waals surface area contributed by atoms with E-state index in [2.05, 4.69) is 34.7 Å². The molecule has 1 aliphatic carbocycles. The van der Waals surface area contributed by atoms with Gasteiger partial charge in [-0.25, -0.2) is 0 Å². The maximum Gasteiger partial charge on any atom is 0.276 e. The van der Waals surface area contributed by atoms with Gasteiger partial charge < -0.3 is 9.73 Å². The Bertz CT molecular complexity index is 650. The highest BCUT2D eigenvalue weighted by atomic mass is 32.2. The number of rotatable bonds is 6. The van der Waals surface area contributed by atoms with E-state index in [9.17, 15) is 9.59 Å². The number of thioether (sulfide) groups is 1. The third-order valence-electron chi connectivity index (χ3n) is 5.63. The normalized spacial score (nSPS) is 20.7. The Balaban J connectivity index is 1.72. The minimum absolute atomic E-state index is 0.0603. The van der Waals surface area contributed by atoms with Crippen LogP contribution in [0.4, 0.5) is 0 Å². The first-order valence-corrected chi connectivity index (χ1v) is 11.5. The second kappa shape index (κ2) is 10.4. The first-order chi connectivity index (χ1) is 13.5. The van der Waals surface area contributed by atoms with Crippen LogP contribution in [-0.2, 0) is 9.59 Å². The van der Waals surface area contributed by atoms with Crippen LogP contribution in [0.3, 0.4) is 0 Å². The van der Waals surface area contributed by atoms with Crippen LogP contribution in [0.5, 0.6) is 0 Å². The molecule has 0 bridgehead atoms. The van der Waals surface area contributed by atoms with Crippen LogP contribution in [0.15, 0.2) is 9.64 Å².